The zero-order valence-corrected chi connectivity index (χ0v) is 17.1. The summed E-state index contributed by atoms with van der Waals surface area (Å²) in [5.74, 6) is 0.457. The standard InChI is InChI=1S/C18H21BrN4O3S/c19-16-5-3-4-15(14-16)18(24)21-8-13-27(25,26)23-11-9-22(10-12-23)17-6-1-2-7-20-17/h1-7,14H,8-13H2,(H,21,24). The van der Waals surface area contributed by atoms with Gasteiger partial charge in [0.25, 0.3) is 5.91 Å². The van der Waals surface area contributed by atoms with Gasteiger partial charge in [0.2, 0.25) is 10.0 Å². The van der Waals surface area contributed by atoms with E-state index >= 15 is 0 Å². The van der Waals surface area contributed by atoms with Crippen LogP contribution < -0.4 is 10.2 Å². The number of amides is 1. The third kappa shape index (κ3) is 5.27. The zero-order chi connectivity index (χ0) is 19.3. The van der Waals surface area contributed by atoms with Crippen LogP contribution in [0.5, 0.6) is 0 Å². The second-order valence-electron chi connectivity index (χ2n) is 6.16. The molecular weight excluding hydrogens is 432 g/mol. The normalized spacial score (nSPS) is 15.5. The van der Waals surface area contributed by atoms with Crippen molar-refractivity contribution in [3.63, 3.8) is 0 Å². The molecule has 27 heavy (non-hydrogen) atoms. The molecule has 1 N–H and O–H groups in total. The minimum absolute atomic E-state index is 0.0775. The van der Waals surface area contributed by atoms with Crippen molar-refractivity contribution in [1.29, 1.82) is 0 Å². The fourth-order valence-corrected chi connectivity index (χ4v) is 4.63. The third-order valence-corrected chi connectivity index (χ3v) is 6.70. The van der Waals surface area contributed by atoms with Crippen molar-refractivity contribution in [2.75, 3.05) is 43.4 Å². The maximum absolute atomic E-state index is 12.5. The van der Waals surface area contributed by atoms with Gasteiger partial charge in [-0.25, -0.2) is 13.4 Å². The van der Waals surface area contributed by atoms with Crippen molar-refractivity contribution < 1.29 is 13.2 Å². The lowest BCUT2D eigenvalue weighted by molar-refractivity contribution is 0.0956. The first kappa shape index (κ1) is 19.8. The van der Waals surface area contributed by atoms with Gasteiger partial charge in [-0.3, -0.25) is 4.79 Å². The number of piperazine rings is 1. The number of carbonyl (C=O) groups is 1. The largest absolute Gasteiger partial charge is 0.354 e. The lowest BCUT2D eigenvalue weighted by atomic mass is 10.2. The Morgan fingerprint density at radius 1 is 1.11 bits per heavy atom. The van der Waals surface area contributed by atoms with Crippen molar-refractivity contribution in [1.82, 2.24) is 14.6 Å². The molecule has 1 saturated heterocycles. The number of rotatable bonds is 6. The number of hydrogen-bond acceptors (Lipinski definition) is 5. The highest BCUT2D eigenvalue weighted by atomic mass is 79.9. The van der Waals surface area contributed by atoms with Crippen LogP contribution in [0.25, 0.3) is 0 Å². The molecule has 0 spiro atoms. The predicted octanol–water partition coefficient (Wildman–Crippen LogP) is 1.73. The molecule has 0 bridgehead atoms. The van der Waals surface area contributed by atoms with Crippen molar-refractivity contribution in [2.45, 2.75) is 0 Å². The lowest BCUT2D eigenvalue weighted by Gasteiger charge is -2.34. The summed E-state index contributed by atoms with van der Waals surface area (Å²) < 4.78 is 27.4. The van der Waals surface area contributed by atoms with E-state index in [1.54, 1.807) is 24.4 Å². The summed E-state index contributed by atoms with van der Waals surface area (Å²) in [4.78, 5) is 18.5. The molecule has 9 heteroatoms. The first-order valence-electron chi connectivity index (χ1n) is 8.63. The van der Waals surface area contributed by atoms with E-state index in [4.69, 9.17) is 0 Å². The number of carbonyl (C=O) groups excluding carboxylic acids is 1. The molecule has 3 rings (SSSR count). The van der Waals surface area contributed by atoms with Gasteiger partial charge in [-0.1, -0.05) is 28.1 Å². The Balaban J connectivity index is 1.48. The number of hydrogen-bond donors (Lipinski definition) is 1. The Hall–Kier alpha value is -1.97. The van der Waals surface area contributed by atoms with E-state index in [0.29, 0.717) is 31.7 Å². The number of anilines is 1. The quantitative estimate of drug-likeness (QED) is 0.721. The minimum atomic E-state index is -3.41. The molecule has 2 aromatic rings. The van der Waals surface area contributed by atoms with Gasteiger partial charge in [0, 0.05) is 49.0 Å². The van der Waals surface area contributed by atoms with Crippen LogP contribution in [-0.2, 0) is 10.0 Å². The summed E-state index contributed by atoms with van der Waals surface area (Å²) in [7, 11) is -3.41. The Kier molecular flexibility index (Phi) is 6.46. The number of aromatic nitrogens is 1. The molecule has 0 unspecified atom stereocenters. The highest BCUT2D eigenvalue weighted by Gasteiger charge is 2.27. The summed E-state index contributed by atoms with van der Waals surface area (Å²) in [5.41, 5.74) is 0.491. The van der Waals surface area contributed by atoms with Crippen LogP contribution in [0.1, 0.15) is 10.4 Å². The second kappa shape index (κ2) is 8.81. The average Bonchev–Trinajstić information content (AvgIpc) is 2.68. The van der Waals surface area contributed by atoms with Gasteiger partial charge in [-0.2, -0.15) is 4.31 Å². The molecule has 0 aliphatic carbocycles. The number of sulfonamides is 1. The molecule has 7 nitrogen and oxygen atoms in total. The summed E-state index contributed by atoms with van der Waals surface area (Å²) in [5, 5.41) is 2.67. The molecule has 1 fully saturated rings. The predicted molar refractivity (Wildman–Crippen MR) is 108 cm³/mol. The van der Waals surface area contributed by atoms with Crippen LogP contribution in [0.15, 0.2) is 53.1 Å². The average molecular weight is 453 g/mol. The highest BCUT2D eigenvalue weighted by Crippen LogP contribution is 2.15. The van der Waals surface area contributed by atoms with Gasteiger partial charge in [-0.15, -0.1) is 0 Å². The number of benzene rings is 1. The molecule has 0 saturated carbocycles. The van der Waals surface area contributed by atoms with E-state index in [2.05, 4.69) is 31.1 Å². The first-order valence-corrected chi connectivity index (χ1v) is 11.0. The fourth-order valence-electron chi connectivity index (χ4n) is 2.89. The molecule has 0 radical (unpaired) electrons. The van der Waals surface area contributed by atoms with E-state index in [0.717, 1.165) is 10.3 Å². The first-order chi connectivity index (χ1) is 13.0. The SMILES string of the molecule is O=C(NCCS(=O)(=O)N1CCN(c2ccccn2)CC1)c1cccc(Br)c1. The van der Waals surface area contributed by atoms with Gasteiger partial charge in [0.15, 0.2) is 0 Å². The summed E-state index contributed by atoms with van der Waals surface area (Å²) in [6.07, 6.45) is 1.73. The number of halogens is 1. The van der Waals surface area contributed by atoms with Crippen molar-refractivity contribution >= 4 is 37.7 Å². The molecule has 0 atom stereocenters. The molecule has 1 aromatic heterocycles. The summed E-state index contributed by atoms with van der Waals surface area (Å²) in [6.45, 7) is 2.10. The van der Waals surface area contributed by atoms with Crippen LogP contribution in [-0.4, -0.2) is 62.1 Å². The van der Waals surface area contributed by atoms with Crippen molar-refractivity contribution in [2.24, 2.45) is 0 Å². The van der Waals surface area contributed by atoms with Crippen LogP contribution in [0.4, 0.5) is 5.82 Å². The van der Waals surface area contributed by atoms with E-state index in [1.165, 1.54) is 4.31 Å². The summed E-state index contributed by atoms with van der Waals surface area (Å²) >= 11 is 3.31. The monoisotopic (exact) mass is 452 g/mol. The maximum atomic E-state index is 12.5. The van der Waals surface area contributed by atoms with E-state index < -0.39 is 10.0 Å². The Morgan fingerprint density at radius 2 is 1.89 bits per heavy atom. The fraction of sp³-hybridized carbons (Fsp3) is 0.333. The van der Waals surface area contributed by atoms with Gasteiger partial charge in [0.1, 0.15) is 5.82 Å². The molecule has 1 aliphatic rings. The Bertz CT molecular complexity index is 884. The third-order valence-electron chi connectivity index (χ3n) is 4.34. The van der Waals surface area contributed by atoms with Gasteiger partial charge < -0.3 is 10.2 Å². The lowest BCUT2D eigenvalue weighted by Crippen LogP contribution is -2.50. The molecule has 144 valence electrons. The molecule has 1 amide bonds. The van der Waals surface area contributed by atoms with Crippen molar-refractivity contribution in [3.8, 4) is 0 Å². The van der Waals surface area contributed by atoms with Crippen molar-refractivity contribution in [3.05, 3.63) is 58.7 Å². The van der Waals surface area contributed by atoms with Crippen LogP contribution >= 0.6 is 15.9 Å². The van der Waals surface area contributed by atoms with Gasteiger partial charge in [0.05, 0.1) is 5.75 Å². The van der Waals surface area contributed by atoms with E-state index in [9.17, 15) is 13.2 Å². The number of pyridine rings is 1. The van der Waals surface area contributed by atoms with E-state index in [-0.39, 0.29) is 18.2 Å². The smallest absolute Gasteiger partial charge is 0.251 e. The van der Waals surface area contributed by atoms with Crippen LogP contribution in [0.3, 0.4) is 0 Å². The maximum Gasteiger partial charge on any atom is 0.251 e. The zero-order valence-electron chi connectivity index (χ0n) is 14.7. The molecular formula is C18H21BrN4O3S. The topological polar surface area (TPSA) is 82.6 Å². The van der Waals surface area contributed by atoms with Gasteiger partial charge >= 0.3 is 0 Å². The number of nitrogens with zero attached hydrogens (tertiary/aromatic N) is 3. The summed E-state index contributed by atoms with van der Waals surface area (Å²) in [6, 6.07) is 12.7. The number of nitrogens with one attached hydrogen (secondary N) is 1. The van der Waals surface area contributed by atoms with Crippen LogP contribution in [0, 0.1) is 0 Å². The van der Waals surface area contributed by atoms with E-state index in [1.807, 2.05) is 24.3 Å². The Labute approximate surface area is 167 Å². The molecule has 1 aromatic carbocycles. The Morgan fingerprint density at radius 3 is 2.56 bits per heavy atom. The molecule has 1 aliphatic heterocycles. The van der Waals surface area contributed by atoms with Crippen LogP contribution in [0.2, 0.25) is 0 Å². The highest BCUT2D eigenvalue weighted by molar-refractivity contribution is 9.10. The second-order valence-corrected chi connectivity index (χ2v) is 9.16. The molecule has 2 heterocycles. The minimum Gasteiger partial charge on any atom is -0.354 e. The van der Waals surface area contributed by atoms with Gasteiger partial charge in [-0.05, 0) is 30.3 Å².